The molecule has 0 radical (unpaired) electrons. The van der Waals surface area contributed by atoms with E-state index in [1.54, 1.807) is 0 Å². The molecule has 2 heteroatoms. The van der Waals surface area contributed by atoms with Crippen LogP contribution in [0, 0.1) is 0 Å². The van der Waals surface area contributed by atoms with Crippen molar-refractivity contribution in [2.75, 3.05) is 0 Å². The average molecular weight is 187 g/mol. The molecule has 3 aliphatic rings. The number of fused-ring (bicyclic) bond motifs is 1. The van der Waals surface area contributed by atoms with Crippen LogP contribution in [0.5, 0.6) is 0 Å². The molecule has 1 aromatic rings. The van der Waals surface area contributed by atoms with Gasteiger partial charge in [0.25, 0.3) is 5.91 Å². The van der Waals surface area contributed by atoms with Crippen molar-refractivity contribution in [2.24, 2.45) is 0 Å². The lowest BCUT2D eigenvalue weighted by molar-refractivity contribution is 0.0424. The maximum atomic E-state index is 12.0. The molecule has 4 rings (SSSR count). The first-order chi connectivity index (χ1) is 6.86. The number of carbonyl (C=O) groups is 1. The molecule has 2 nitrogen and oxygen atoms in total. The molecule has 14 heavy (non-hydrogen) atoms. The van der Waals surface area contributed by atoms with E-state index >= 15 is 0 Å². The molecule has 72 valence electrons. The molecular formula is C12H13NO. The van der Waals surface area contributed by atoms with Gasteiger partial charge in [-0.1, -0.05) is 18.2 Å². The molecule has 1 saturated carbocycles. The lowest BCUT2D eigenvalue weighted by atomic mass is 10.0. The van der Waals surface area contributed by atoms with Crippen molar-refractivity contribution in [3.8, 4) is 0 Å². The highest BCUT2D eigenvalue weighted by atomic mass is 16.2. The van der Waals surface area contributed by atoms with E-state index in [1.807, 2.05) is 30.3 Å². The van der Waals surface area contributed by atoms with Crippen LogP contribution in [-0.4, -0.2) is 22.9 Å². The maximum Gasteiger partial charge on any atom is 0.254 e. The molecule has 2 bridgehead atoms. The highest BCUT2D eigenvalue weighted by molar-refractivity contribution is 5.95. The Morgan fingerprint density at radius 1 is 1.14 bits per heavy atom. The van der Waals surface area contributed by atoms with Crippen LogP contribution in [0.3, 0.4) is 0 Å². The highest BCUT2D eigenvalue weighted by Gasteiger charge is 2.47. The van der Waals surface area contributed by atoms with Gasteiger partial charge in [-0.05, 0) is 31.4 Å². The van der Waals surface area contributed by atoms with Gasteiger partial charge in [0.1, 0.15) is 0 Å². The quantitative estimate of drug-likeness (QED) is 0.659. The van der Waals surface area contributed by atoms with Gasteiger partial charge in [0.05, 0.1) is 0 Å². The Hall–Kier alpha value is -1.31. The van der Waals surface area contributed by atoms with E-state index < -0.39 is 0 Å². The zero-order valence-electron chi connectivity index (χ0n) is 8.02. The lowest BCUT2D eigenvalue weighted by Gasteiger charge is -2.40. The molecule has 0 spiro atoms. The van der Waals surface area contributed by atoms with Crippen LogP contribution in [-0.2, 0) is 0 Å². The fourth-order valence-corrected chi connectivity index (χ4v) is 2.66. The van der Waals surface area contributed by atoms with Crippen LogP contribution in [0.4, 0.5) is 0 Å². The molecule has 2 heterocycles. The van der Waals surface area contributed by atoms with Crippen molar-refractivity contribution in [3.63, 3.8) is 0 Å². The Morgan fingerprint density at radius 2 is 1.79 bits per heavy atom. The monoisotopic (exact) mass is 187 g/mol. The van der Waals surface area contributed by atoms with Crippen LogP contribution in [0.25, 0.3) is 0 Å². The average Bonchev–Trinajstić information content (AvgIpc) is 2.81. The van der Waals surface area contributed by atoms with Crippen LogP contribution >= 0.6 is 0 Å². The Bertz CT molecular complexity index is 346. The standard InChI is InChI=1S/C12H13NO/c14-12(9-4-2-1-3-5-9)13-10-6-7-11(13)8-10/h1-5,10-11H,6-8H2. The summed E-state index contributed by atoms with van der Waals surface area (Å²) in [5.41, 5.74) is 0.837. The minimum absolute atomic E-state index is 0.226. The smallest absolute Gasteiger partial charge is 0.254 e. The van der Waals surface area contributed by atoms with Crippen molar-refractivity contribution >= 4 is 5.91 Å². The summed E-state index contributed by atoms with van der Waals surface area (Å²) in [6.45, 7) is 0. The zero-order chi connectivity index (χ0) is 9.54. The van der Waals surface area contributed by atoms with Crippen molar-refractivity contribution in [2.45, 2.75) is 31.3 Å². The fraction of sp³-hybridized carbons (Fsp3) is 0.417. The van der Waals surface area contributed by atoms with E-state index in [0.717, 1.165) is 5.56 Å². The predicted octanol–water partition coefficient (Wildman–Crippen LogP) is 2.06. The second kappa shape index (κ2) is 2.84. The summed E-state index contributed by atoms with van der Waals surface area (Å²) >= 11 is 0. The summed E-state index contributed by atoms with van der Waals surface area (Å²) < 4.78 is 0. The molecule has 3 fully saturated rings. The Balaban J connectivity index is 1.84. The van der Waals surface area contributed by atoms with Crippen LogP contribution < -0.4 is 0 Å². The van der Waals surface area contributed by atoms with E-state index in [2.05, 4.69) is 4.90 Å². The maximum absolute atomic E-state index is 12.0. The number of hydrogen-bond acceptors (Lipinski definition) is 1. The van der Waals surface area contributed by atoms with Gasteiger partial charge >= 0.3 is 0 Å². The van der Waals surface area contributed by atoms with Crippen LogP contribution in [0.1, 0.15) is 29.6 Å². The highest BCUT2D eigenvalue weighted by Crippen LogP contribution is 2.41. The summed E-state index contributed by atoms with van der Waals surface area (Å²) in [4.78, 5) is 14.1. The molecule has 0 N–H and O–H groups in total. The van der Waals surface area contributed by atoms with E-state index in [1.165, 1.54) is 19.3 Å². The SMILES string of the molecule is O=C(c1ccccc1)N1C2CCC1C2. The van der Waals surface area contributed by atoms with Crippen molar-refractivity contribution < 1.29 is 4.79 Å². The summed E-state index contributed by atoms with van der Waals surface area (Å²) in [7, 11) is 0. The topological polar surface area (TPSA) is 20.3 Å². The third-order valence-electron chi connectivity index (χ3n) is 3.42. The summed E-state index contributed by atoms with van der Waals surface area (Å²) in [6, 6.07) is 10.7. The zero-order valence-corrected chi connectivity index (χ0v) is 8.02. The molecule has 2 saturated heterocycles. The van der Waals surface area contributed by atoms with E-state index in [-0.39, 0.29) is 5.91 Å². The van der Waals surface area contributed by atoms with Gasteiger partial charge in [0.15, 0.2) is 0 Å². The second-order valence-electron chi connectivity index (χ2n) is 4.20. The molecular weight excluding hydrogens is 174 g/mol. The third kappa shape index (κ3) is 0.999. The molecule has 0 aromatic heterocycles. The fourth-order valence-electron chi connectivity index (χ4n) is 2.66. The molecule has 1 aliphatic carbocycles. The molecule has 1 amide bonds. The largest absolute Gasteiger partial charge is 0.333 e. The normalized spacial score (nSPS) is 28.7. The molecule has 1 aromatic carbocycles. The first kappa shape index (κ1) is 8.04. The van der Waals surface area contributed by atoms with Gasteiger partial charge in [0.2, 0.25) is 0 Å². The molecule has 2 unspecified atom stereocenters. The minimum atomic E-state index is 0.226. The number of carbonyl (C=O) groups excluding carboxylic acids is 1. The predicted molar refractivity (Wildman–Crippen MR) is 54.0 cm³/mol. The van der Waals surface area contributed by atoms with E-state index in [4.69, 9.17) is 0 Å². The van der Waals surface area contributed by atoms with E-state index in [0.29, 0.717) is 12.1 Å². The van der Waals surface area contributed by atoms with Gasteiger partial charge in [-0.25, -0.2) is 0 Å². The summed E-state index contributed by atoms with van der Waals surface area (Å²) in [5.74, 6) is 0.226. The summed E-state index contributed by atoms with van der Waals surface area (Å²) in [6.07, 6.45) is 3.66. The van der Waals surface area contributed by atoms with Gasteiger partial charge in [-0.3, -0.25) is 4.79 Å². The number of amides is 1. The van der Waals surface area contributed by atoms with Gasteiger partial charge in [-0.2, -0.15) is 0 Å². The number of benzene rings is 1. The Morgan fingerprint density at radius 3 is 2.36 bits per heavy atom. The van der Waals surface area contributed by atoms with Crippen LogP contribution in [0.15, 0.2) is 30.3 Å². The number of nitrogens with zero attached hydrogens (tertiary/aromatic N) is 1. The van der Waals surface area contributed by atoms with Gasteiger partial charge in [0, 0.05) is 17.6 Å². The number of hydrogen-bond donors (Lipinski definition) is 0. The number of rotatable bonds is 1. The van der Waals surface area contributed by atoms with Crippen molar-refractivity contribution in [1.82, 2.24) is 4.90 Å². The first-order valence-corrected chi connectivity index (χ1v) is 5.24. The molecule has 2 atom stereocenters. The Kier molecular flexibility index (Phi) is 1.63. The molecule has 2 aliphatic heterocycles. The van der Waals surface area contributed by atoms with Gasteiger partial charge in [-0.15, -0.1) is 0 Å². The van der Waals surface area contributed by atoms with E-state index in [9.17, 15) is 4.79 Å². The third-order valence-corrected chi connectivity index (χ3v) is 3.42. The van der Waals surface area contributed by atoms with Crippen molar-refractivity contribution in [3.05, 3.63) is 35.9 Å². The first-order valence-electron chi connectivity index (χ1n) is 5.24. The minimum Gasteiger partial charge on any atom is -0.333 e. The lowest BCUT2D eigenvalue weighted by Crippen LogP contribution is -2.51. The second-order valence-corrected chi connectivity index (χ2v) is 4.20. The van der Waals surface area contributed by atoms with Crippen LogP contribution in [0.2, 0.25) is 0 Å². The Labute approximate surface area is 83.5 Å². The van der Waals surface area contributed by atoms with Gasteiger partial charge < -0.3 is 4.90 Å². The van der Waals surface area contributed by atoms with Crippen molar-refractivity contribution in [1.29, 1.82) is 0 Å². The summed E-state index contributed by atoms with van der Waals surface area (Å²) in [5, 5.41) is 0.